The number of hydrogen-bond donors (Lipinski definition) is 2. The fourth-order valence-electron chi connectivity index (χ4n) is 2.22. The topological polar surface area (TPSA) is 88.7 Å². The maximum atomic E-state index is 10.9. The molecule has 6 heteroatoms. The van der Waals surface area contributed by atoms with E-state index in [1.165, 1.54) is 25.0 Å². The first-order valence-electron chi connectivity index (χ1n) is 6.41. The van der Waals surface area contributed by atoms with Crippen LogP contribution in [0.3, 0.4) is 0 Å². The van der Waals surface area contributed by atoms with E-state index >= 15 is 0 Å². The Bertz CT molecular complexity index is 464. The van der Waals surface area contributed by atoms with Crippen LogP contribution in [0, 0.1) is 0 Å². The molecule has 1 unspecified atom stereocenters. The van der Waals surface area contributed by atoms with Crippen molar-refractivity contribution in [2.75, 3.05) is 25.9 Å². The quantitative estimate of drug-likeness (QED) is 0.851. The molecule has 2 heterocycles. The Morgan fingerprint density at radius 3 is 3.05 bits per heavy atom. The van der Waals surface area contributed by atoms with Crippen molar-refractivity contribution in [2.45, 2.75) is 25.3 Å². The summed E-state index contributed by atoms with van der Waals surface area (Å²) >= 11 is 0. The maximum absolute atomic E-state index is 10.9. The number of nitrogen functional groups attached to an aromatic ring is 1. The van der Waals surface area contributed by atoms with Crippen LogP contribution in [0.2, 0.25) is 0 Å². The van der Waals surface area contributed by atoms with Crippen LogP contribution in [0.4, 0.5) is 5.69 Å². The highest BCUT2D eigenvalue weighted by atomic mass is 16.5. The Morgan fingerprint density at radius 1 is 1.58 bits per heavy atom. The standard InChI is InChI=1S/C13H19N3O3/c1-16-7-3-2-4-9(16)8-19-12-10(14)5-6-11(15-12)13(17)18/h5-6,9H,2-4,7-8,14H2,1H3,(H,17,18). The van der Waals surface area contributed by atoms with Gasteiger partial charge in [-0.25, -0.2) is 9.78 Å². The van der Waals surface area contributed by atoms with Crippen molar-refractivity contribution >= 4 is 11.7 Å². The first-order valence-corrected chi connectivity index (χ1v) is 6.41. The molecule has 0 spiro atoms. The molecule has 104 valence electrons. The lowest BCUT2D eigenvalue weighted by Gasteiger charge is -2.32. The molecular formula is C13H19N3O3. The first kappa shape index (κ1) is 13.6. The highest BCUT2D eigenvalue weighted by molar-refractivity contribution is 5.86. The van der Waals surface area contributed by atoms with Crippen molar-refractivity contribution in [3.05, 3.63) is 17.8 Å². The Balaban J connectivity index is 2.02. The number of carboxylic acid groups (broad SMARTS) is 1. The molecule has 1 aromatic heterocycles. The number of hydrogen-bond acceptors (Lipinski definition) is 5. The summed E-state index contributed by atoms with van der Waals surface area (Å²) in [6, 6.07) is 3.22. The molecule has 0 bridgehead atoms. The summed E-state index contributed by atoms with van der Waals surface area (Å²) in [4.78, 5) is 17.0. The first-order chi connectivity index (χ1) is 9.08. The second-order valence-corrected chi connectivity index (χ2v) is 4.84. The van der Waals surface area contributed by atoms with E-state index in [1.54, 1.807) is 0 Å². The van der Waals surface area contributed by atoms with Gasteiger partial charge in [0.05, 0.1) is 5.69 Å². The van der Waals surface area contributed by atoms with E-state index in [9.17, 15) is 4.79 Å². The molecule has 1 aliphatic heterocycles. The number of anilines is 1. The Morgan fingerprint density at radius 2 is 2.37 bits per heavy atom. The van der Waals surface area contributed by atoms with E-state index in [2.05, 4.69) is 16.9 Å². The van der Waals surface area contributed by atoms with Crippen LogP contribution in [0.25, 0.3) is 0 Å². The SMILES string of the molecule is CN1CCCCC1COc1nc(C(=O)O)ccc1N. The number of aromatic nitrogens is 1. The number of aromatic carboxylic acids is 1. The van der Waals surface area contributed by atoms with Crippen LogP contribution in [0.5, 0.6) is 5.88 Å². The zero-order valence-corrected chi connectivity index (χ0v) is 11.0. The van der Waals surface area contributed by atoms with E-state index < -0.39 is 5.97 Å². The van der Waals surface area contributed by atoms with E-state index in [1.807, 2.05) is 0 Å². The van der Waals surface area contributed by atoms with E-state index in [0.717, 1.165) is 13.0 Å². The highest BCUT2D eigenvalue weighted by Gasteiger charge is 2.20. The zero-order valence-electron chi connectivity index (χ0n) is 11.0. The predicted molar refractivity (Wildman–Crippen MR) is 71.4 cm³/mol. The number of nitrogens with two attached hydrogens (primary N) is 1. The largest absolute Gasteiger partial charge is 0.477 e. The lowest BCUT2D eigenvalue weighted by molar-refractivity contribution is 0.0688. The summed E-state index contributed by atoms with van der Waals surface area (Å²) in [6.45, 7) is 1.54. The smallest absolute Gasteiger partial charge is 0.354 e. The van der Waals surface area contributed by atoms with Crippen molar-refractivity contribution in [3.8, 4) is 5.88 Å². The van der Waals surface area contributed by atoms with Gasteiger partial charge < -0.3 is 20.5 Å². The molecule has 1 atom stereocenters. The second kappa shape index (κ2) is 5.88. The summed E-state index contributed by atoms with van der Waals surface area (Å²) in [7, 11) is 2.07. The molecule has 0 aromatic carbocycles. The Kier molecular flexibility index (Phi) is 4.21. The highest BCUT2D eigenvalue weighted by Crippen LogP contribution is 2.21. The lowest BCUT2D eigenvalue weighted by atomic mass is 10.0. The van der Waals surface area contributed by atoms with Gasteiger partial charge >= 0.3 is 5.97 Å². The molecular weight excluding hydrogens is 246 g/mol. The number of nitrogens with zero attached hydrogens (tertiary/aromatic N) is 2. The van der Waals surface area contributed by atoms with Crippen LogP contribution < -0.4 is 10.5 Å². The summed E-state index contributed by atoms with van der Waals surface area (Å²) in [5.74, 6) is -0.876. The molecule has 1 aliphatic rings. The fraction of sp³-hybridized carbons (Fsp3) is 0.538. The maximum Gasteiger partial charge on any atom is 0.354 e. The number of carboxylic acids is 1. The van der Waals surface area contributed by atoms with Gasteiger partial charge in [0.25, 0.3) is 0 Å². The monoisotopic (exact) mass is 265 g/mol. The molecule has 0 amide bonds. The summed E-state index contributed by atoms with van der Waals surface area (Å²) in [6.07, 6.45) is 3.48. The minimum absolute atomic E-state index is 0.0544. The number of carbonyl (C=O) groups is 1. The molecule has 1 saturated heterocycles. The number of piperidine rings is 1. The molecule has 1 fully saturated rings. The number of likely N-dealkylation sites (N-methyl/N-ethyl adjacent to an activating group) is 1. The van der Waals surface area contributed by atoms with Gasteiger partial charge in [-0.1, -0.05) is 6.42 Å². The van der Waals surface area contributed by atoms with Crippen molar-refractivity contribution in [2.24, 2.45) is 0 Å². The molecule has 0 radical (unpaired) electrons. The van der Waals surface area contributed by atoms with Gasteiger partial charge in [-0.2, -0.15) is 0 Å². The molecule has 1 aromatic rings. The van der Waals surface area contributed by atoms with Crippen molar-refractivity contribution in [3.63, 3.8) is 0 Å². The predicted octanol–water partition coefficient (Wildman–Crippen LogP) is 1.23. The van der Waals surface area contributed by atoms with Gasteiger partial charge in [-0.3, -0.25) is 0 Å². The zero-order chi connectivity index (χ0) is 13.8. The van der Waals surface area contributed by atoms with Crippen LogP contribution in [-0.2, 0) is 0 Å². The second-order valence-electron chi connectivity index (χ2n) is 4.84. The van der Waals surface area contributed by atoms with Gasteiger partial charge in [0.2, 0.25) is 5.88 Å². The molecule has 3 N–H and O–H groups in total. The third kappa shape index (κ3) is 3.35. The normalized spacial score (nSPS) is 20.2. The number of likely N-dealkylation sites (tertiary alicyclic amines) is 1. The van der Waals surface area contributed by atoms with Gasteiger partial charge in [-0.05, 0) is 38.6 Å². The minimum Gasteiger partial charge on any atom is -0.477 e. The van der Waals surface area contributed by atoms with Crippen molar-refractivity contribution < 1.29 is 14.6 Å². The third-order valence-electron chi connectivity index (χ3n) is 3.44. The van der Waals surface area contributed by atoms with E-state index in [4.69, 9.17) is 15.6 Å². The van der Waals surface area contributed by atoms with Crippen LogP contribution in [0.1, 0.15) is 29.8 Å². The van der Waals surface area contributed by atoms with Crippen LogP contribution >= 0.6 is 0 Å². The van der Waals surface area contributed by atoms with Gasteiger partial charge in [-0.15, -0.1) is 0 Å². The minimum atomic E-state index is -1.08. The number of ether oxygens (including phenoxy) is 1. The van der Waals surface area contributed by atoms with E-state index in [0.29, 0.717) is 18.3 Å². The van der Waals surface area contributed by atoms with Gasteiger partial charge in [0.15, 0.2) is 5.69 Å². The fourth-order valence-corrected chi connectivity index (χ4v) is 2.22. The van der Waals surface area contributed by atoms with E-state index in [-0.39, 0.29) is 11.6 Å². The molecule has 2 rings (SSSR count). The summed E-state index contributed by atoms with van der Waals surface area (Å²) in [5, 5.41) is 8.89. The van der Waals surface area contributed by atoms with Crippen molar-refractivity contribution in [1.82, 2.24) is 9.88 Å². The number of pyridine rings is 1. The van der Waals surface area contributed by atoms with Crippen molar-refractivity contribution in [1.29, 1.82) is 0 Å². The average molecular weight is 265 g/mol. The van der Waals surface area contributed by atoms with Crippen LogP contribution in [-0.4, -0.2) is 47.2 Å². The lowest BCUT2D eigenvalue weighted by Crippen LogP contribution is -2.40. The average Bonchev–Trinajstić information content (AvgIpc) is 2.39. The molecule has 0 saturated carbocycles. The van der Waals surface area contributed by atoms with Gasteiger partial charge in [0.1, 0.15) is 6.61 Å². The summed E-state index contributed by atoms with van der Waals surface area (Å²) < 4.78 is 5.60. The van der Waals surface area contributed by atoms with Gasteiger partial charge in [0, 0.05) is 6.04 Å². The molecule has 6 nitrogen and oxygen atoms in total. The van der Waals surface area contributed by atoms with Crippen LogP contribution in [0.15, 0.2) is 12.1 Å². The molecule has 0 aliphatic carbocycles. The Hall–Kier alpha value is -1.82. The number of rotatable bonds is 4. The molecule has 19 heavy (non-hydrogen) atoms. The Labute approximate surface area is 112 Å². The summed E-state index contributed by atoms with van der Waals surface area (Å²) in [5.41, 5.74) is 6.06. The third-order valence-corrected chi connectivity index (χ3v) is 3.44.